The van der Waals surface area contributed by atoms with Gasteiger partial charge in [0.15, 0.2) is 0 Å². The molecule has 0 unspecified atom stereocenters. The summed E-state index contributed by atoms with van der Waals surface area (Å²) in [7, 11) is 0. The van der Waals surface area contributed by atoms with Crippen LogP contribution in [-0.2, 0) is 6.42 Å². The second-order valence-electron chi connectivity index (χ2n) is 3.13. The van der Waals surface area contributed by atoms with E-state index in [0.29, 0.717) is 10.9 Å². The van der Waals surface area contributed by atoms with Crippen LogP contribution >= 0.6 is 0 Å². The highest BCUT2D eigenvalue weighted by Gasteiger charge is 2.29. The Bertz CT molecular complexity index is 474. The monoisotopic (exact) mass is 212 g/mol. The van der Waals surface area contributed by atoms with E-state index >= 15 is 0 Å². The summed E-state index contributed by atoms with van der Waals surface area (Å²) in [5.74, 6) is 0. The van der Waals surface area contributed by atoms with E-state index in [4.69, 9.17) is 0 Å². The van der Waals surface area contributed by atoms with Crippen molar-refractivity contribution in [3.8, 4) is 0 Å². The molecule has 0 aliphatic heterocycles. The Morgan fingerprint density at radius 1 is 1.07 bits per heavy atom. The Labute approximate surface area is 83.8 Å². The van der Waals surface area contributed by atoms with Crippen molar-refractivity contribution in [3.05, 3.63) is 36.3 Å². The molecule has 0 radical (unpaired) electrons. The van der Waals surface area contributed by atoms with Gasteiger partial charge in [-0.15, -0.1) is 0 Å². The van der Waals surface area contributed by atoms with Crippen LogP contribution in [0.5, 0.6) is 0 Å². The molecule has 1 aromatic carbocycles. The molecule has 15 heavy (non-hydrogen) atoms. The van der Waals surface area contributed by atoms with Crippen LogP contribution in [0, 0.1) is 0 Å². The standard InChI is InChI=1S/C10H7F3N2/c11-10(12,13)5-9-7-3-1-2-4-8(7)14-6-15-9/h1-4,6H,5H2. The average molecular weight is 212 g/mol. The largest absolute Gasteiger partial charge is 0.394 e. The molecule has 2 rings (SSSR count). The van der Waals surface area contributed by atoms with Crippen molar-refractivity contribution in [3.63, 3.8) is 0 Å². The molecule has 0 aliphatic carbocycles. The first-order valence-corrected chi connectivity index (χ1v) is 4.32. The zero-order chi connectivity index (χ0) is 10.9. The summed E-state index contributed by atoms with van der Waals surface area (Å²) in [5.41, 5.74) is 0.555. The Kier molecular flexibility index (Phi) is 2.30. The molecule has 0 amide bonds. The van der Waals surface area contributed by atoms with Gasteiger partial charge in [0.05, 0.1) is 17.6 Å². The first kappa shape index (κ1) is 9.89. The minimum atomic E-state index is -4.24. The van der Waals surface area contributed by atoms with Gasteiger partial charge in [-0.1, -0.05) is 18.2 Å². The number of nitrogens with zero attached hydrogens (tertiary/aromatic N) is 2. The summed E-state index contributed by atoms with van der Waals surface area (Å²) >= 11 is 0. The van der Waals surface area contributed by atoms with Crippen molar-refractivity contribution >= 4 is 10.9 Å². The zero-order valence-electron chi connectivity index (χ0n) is 7.62. The SMILES string of the molecule is FC(F)(F)Cc1ncnc2ccccc12. The van der Waals surface area contributed by atoms with E-state index in [1.54, 1.807) is 24.3 Å². The van der Waals surface area contributed by atoms with E-state index in [9.17, 15) is 13.2 Å². The van der Waals surface area contributed by atoms with Crippen molar-refractivity contribution in [1.29, 1.82) is 0 Å². The van der Waals surface area contributed by atoms with Crippen molar-refractivity contribution in [2.75, 3.05) is 0 Å². The highest BCUT2D eigenvalue weighted by Crippen LogP contribution is 2.24. The summed E-state index contributed by atoms with van der Waals surface area (Å²) in [5, 5.41) is 0.456. The lowest BCUT2D eigenvalue weighted by molar-refractivity contribution is -0.127. The lowest BCUT2D eigenvalue weighted by Crippen LogP contribution is -2.13. The van der Waals surface area contributed by atoms with Gasteiger partial charge in [0, 0.05) is 5.39 Å². The van der Waals surface area contributed by atoms with E-state index in [1.807, 2.05) is 0 Å². The van der Waals surface area contributed by atoms with E-state index in [1.165, 1.54) is 0 Å². The second kappa shape index (κ2) is 3.49. The van der Waals surface area contributed by atoms with Crippen LogP contribution in [0.2, 0.25) is 0 Å². The van der Waals surface area contributed by atoms with Crippen molar-refractivity contribution in [2.24, 2.45) is 0 Å². The lowest BCUT2D eigenvalue weighted by Gasteiger charge is -2.07. The number of fused-ring (bicyclic) bond motifs is 1. The van der Waals surface area contributed by atoms with Crippen molar-refractivity contribution < 1.29 is 13.2 Å². The normalized spacial score (nSPS) is 11.9. The maximum Gasteiger partial charge on any atom is 0.394 e. The number of para-hydroxylation sites is 1. The van der Waals surface area contributed by atoms with Gasteiger partial charge in [0.1, 0.15) is 6.33 Å². The maximum absolute atomic E-state index is 12.2. The minimum Gasteiger partial charge on any atom is -0.240 e. The molecule has 0 aliphatic rings. The maximum atomic E-state index is 12.2. The predicted molar refractivity (Wildman–Crippen MR) is 49.3 cm³/mol. The topological polar surface area (TPSA) is 25.8 Å². The molecular formula is C10H7F3N2. The average Bonchev–Trinajstić information content (AvgIpc) is 2.16. The molecule has 0 fully saturated rings. The van der Waals surface area contributed by atoms with Gasteiger partial charge >= 0.3 is 6.18 Å². The fourth-order valence-corrected chi connectivity index (χ4v) is 1.39. The quantitative estimate of drug-likeness (QED) is 0.726. The van der Waals surface area contributed by atoms with E-state index in [0.717, 1.165) is 6.33 Å². The van der Waals surface area contributed by atoms with Crippen LogP contribution < -0.4 is 0 Å². The Balaban J connectivity index is 2.52. The highest BCUT2D eigenvalue weighted by atomic mass is 19.4. The zero-order valence-corrected chi connectivity index (χ0v) is 7.62. The molecule has 0 saturated heterocycles. The van der Waals surface area contributed by atoms with E-state index in [2.05, 4.69) is 9.97 Å². The van der Waals surface area contributed by atoms with Gasteiger partial charge < -0.3 is 0 Å². The third-order valence-corrected chi connectivity index (χ3v) is 1.99. The van der Waals surface area contributed by atoms with Crippen LogP contribution in [0.1, 0.15) is 5.69 Å². The van der Waals surface area contributed by atoms with Crippen LogP contribution in [0.3, 0.4) is 0 Å². The van der Waals surface area contributed by atoms with Crippen molar-refractivity contribution in [2.45, 2.75) is 12.6 Å². The molecule has 5 heteroatoms. The molecular weight excluding hydrogens is 205 g/mol. The molecule has 0 bridgehead atoms. The third kappa shape index (κ3) is 2.23. The van der Waals surface area contributed by atoms with Gasteiger partial charge in [0.25, 0.3) is 0 Å². The number of rotatable bonds is 1. The predicted octanol–water partition coefficient (Wildman–Crippen LogP) is 2.73. The van der Waals surface area contributed by atoms with Crippen LogP contribution in [0.15, 0.2) is 30.6 Å². The van der Waals surface area contributed by atoms with E-state index < -0.39 is 12.6 Å². The first-order valence-electron chi connectivity index (χ1n) is 4.32. The van der Waals surface area contributed by atoms with Gasteiger partial charge in [0.2, 0.25) is 0 Å². The molecule has 0 atom stereocenters. The Morgan fingerprint density at radius 2 is 1.80 bits per heavy atom. The van der Waals surface area contributed by atoms with Gasteiger partial charge in [-0.2, -0.15) is 13.2 Å². The minimum absolute atomic E-state index is 0.0214. The highest BCUT2D eigenvalue weighted by molar-refractivity contribution is 5.80. The summed E-state index contributed by atoms with van der Waals surface area (Å²) in [6.45, 7) is 0. The summed E-state index contributed by atoms with van der Waals surface area (Å²) in [6, 6.07) is 6.66. The lowest BCUT2D eigenvalue weighted by atomic mass is 10.1. The number of halogens is 3. The van der Waals surface area contributed by atoms with Gasteiger partial charge in [-0.05, 0) is 6.07 Å². The van der Waals surface area contributed by atoms with Crippen LogP contribution in [0.25, 0.3) is 10.9 Å². The molecule has 1 heterocycles. The number of benzene rings is 1. The summed E-state index contributed by atoms with van der Waals surface area (Å²) in [6.07, 6.45) is -4.10. The molecule has 78 valence electrons. The summed E-state index contributed by atoms with van der Waals surface area (Å²) < 4.78 is 36.6. The van der Waals surface area contributed by atoms with Gasteiger partial charge in [-0.3, -0.25) is 0 Å². The number of aromatic nitrogens is 2. The third-order valence-electron chi connectivity index (χ3n) is 1.99. The molecule has 2 nitrogen and oxygen atoms in total. The number of hydrogen-bond acceptors (Lipinski definition) is 2. The molecule has 0 saturated carbocycles. The fraction of sp³-hybridized carbons (Fsp3) is 0.200. The van der Waals surface area contributed by atoms with E-state index in [-0.39, 0.29) is 5.69 Å². The molecule has 0 N–H and O–H groups in total. The van der Waals surface area contributed by atoms with Gasteiger partial charge in [-0.25, -0.2) is 9.97 Å². The molecule has 0 spiro atoms. The smallest absolute Gasteiger partial charge is 0.240 e. The number of alkyl halides is 3. The van der Waals surface area contributed by atoms with Crippen LogP contribution in [-0.4, -0.2) is 16.1 Å². The number of hydrogen-bond donors (Lipinski definition) is 0. The van der Waals surface area contributed by atoms with Crippen LogP contribution in [0.4, 0.5) is 13.2 Å². The van der Waals surface area contributed by atoms with Crippen molar-refractivity contribution in [1.82, 2.24) is 9.97 Å². The fourth-order valence-electron chi connectivity index (χ4n) is 1.39. The second-order valence-corrected chi connectivity index (χ2v) is 3.13. The summed E-state index contributed by atoms with van der Waals surface area (Å²) in [4.78, 5) is 7.55. The molecule has 2 aromatic rings. The Morgan fingerprint density at radius 3 is 2.53 bits per heavy atom. The Hall–Kier alpha value is -1.65. The molecule has 1 aromatic heterocycles. The first-order chi connectivity index (χ1) is 7.06.